The smallest absolute Gasteiger partial charge is 0.412 e. The third-order valence-electron chi connectivity index (χ3n) is 21.2. The van der Waals surface area contributed by atoms with Crippen LogP contribution in [0.15, 0.2) is 24.3 Å². The summed E-state index contributed by atoms with van der Waals surface area (Å²) in [4.78, 5) is 26.8. The Hall–Kier alpha value is -5.10. The molecule has 634 valence electrons. The van der Waals surface area contributed by atoms with Gasteiger partial charge in [0.15, 0.2) is 23.0 Å². The molecule has 0 aliphatic carbocycles. The van der Waals surface area contributed by atoms with E-state index in [0.29, 0.717) is 112 Å². The topological polar surface area (TPSA) is 132 Å². The monoisotopic (exact) mass is 1540 g/mol. The zero-order valence-corrected chi connectivity index (χ0v) is 72.7. The van der Waals surface area contributed by atoms with Crippen molar-refractivity contribution >= 4 is 12.2 Å². The Morgan fingerprint density at radius 2 is 0.418 bits per heavy atom. The number of hydrogen-bond donors (Lipinski definition) is 2. The fourth-order valence-electron chi connectivity index (χ4n) is 14.1. The Morgan fingerprint density at radius 3 is 0.618 bits per heavy atom. The van der Waals surface area contributed by atoms with Gasteiger partial charge in [-0.2, -0.15) is 0 Å². The summed E-state index contributed by atoms with van der Waals surface area (Å²) in [6, 6.07) is 7.25. The van der Waals surface area contributed by atoms with Crippen LogP contribution < -0.4 is 48.5 Å². The predicted molar refractivity (Wildman–Crippen MR) is 468 cm³/mol. The zero-order valence-electron chi connectivity index (χ0n) is 72.7. The van der Waals surface area contributed by atoms with Crippen LogP contribution in [0, 0.1) is 23.7 Å². The molecule has 12 heteroatoms. The van der Waals surface area contributed by atoms with E-state index in [1.807, 2.05) is 24.3 Å². The molecule has 0 unspecified atom stereocenters. The molecule has 0 aliphatic rings. The molecule has 0 spiro atoms. The van der Waals surface area contributed by atoms with E-state index in [1.54, 1.807) is 0 Å². The van der Waals surface area contributed by atoms with Gasteiger partial charge in [0.05, 0.1) is 39.6 Å². The molecule has 0 aliphatic heterocycles. The van der Waals surface area contributed by atoms with Gasteiger partial charge in [0.1, 0.15) is 11.5 Å². The van der Waals surface area contributed by atoms with Crippen molar-refractivity contribution in [1.29, 1.82) is 0 Å². The summed E-state index contributed by atoms with van der Waals surface area (Å²) in [6.07, 6.45) is 78.7. The highest BCUT2D eigenvalue weighted by atomic mass is 16.6. The summed E-state index contributed by atoms with van der Waals surface area (Å²) < 4.78 is 51.3. The van der Waals surface area contributed by atoms with Crippen LogP contribution in [-0.2, 0) is 0 Å². The Morgan fingerprint density at radius 1 is 0.236 bits per heavy atom. The fraction of sp³-hybridized carbons (Fsp3) is 0.816. The zero-order chi connectivity index (χ0) is 78.8. The first kappa shape index (κ1) is 101. The van der Waals surface area contributed by atoms with Crippen molar-refractivity contribution in [3.05, 3.63) is 24.3 Å². The molecule has 2 amide bonds. The number of carbonyl (C=O) groups is 2. The molecular formula is C98H172N2O10. The normalized spacial score (nSPS) is 11.1. The molecule has 0 atom stereocenters. The van der Waals surface area contributed by atoms with E-state index in [0.717, 1.165) is 103 Å². The second kappa shape index (κ2) is 80.5. The quantitative estimate of drug-likeness (QED) is 0.0487. The molecule has 0 aromatic heterocycles. The van der Waals surface area contributed by atoms with Crippen LogP contribution in [0.1, 0.15) is 465 Å². The number of nitrogens with one attached hydrogen (secondary N) is 2. The number of ether oxygens (including phenoxy) is 8. The summed E-state index contributed by atoms with van der Waals surface area (Å²) in [6.45, 7) is 18.0. The third-order valence-corrected chi connectivity index (χ3v) is 21.2. The molecule has 2 aromatic rings. The fourth-order valence-corrected chi connectivity index (χ4v) is 14.1. The van der Waals surface area contributed by atoms with E-state index in [9.17, 15) is 9.59 Å². The van der Waals surface area contributed by atoms with Crippen LogP contribution in [0.3, 0.4) is 0 Å². The van der Waals surface area contributed by atoms with E-state index in [-0.39, 0.29) is 0 Å². The maximum absolute atomic E-state index is 13.4. The van der Waals surface area contributed by atoms with Gasteiger partial charge >= 0.3 is 12.2 Å². The summed E-state index contributed by atoms with van der Waals surface area (Å²) in [5.74, 6) is 16.7. The van der Waals surface area contributed by atoms with Crippen molar-refractivity contribution in [3.63, 3.8) is 0 Å². The average Bonchev–Trinajstić information content (AvgIpc) is 0.829. The maximum atomic E-state index is 13.4. The van der Waals surface area contributed by atoms with Crippen molar-refractivity contribution in [2.75, 3.05) is 52.7 Å². The van der Waals surface area contributed by atoms with Crippen molar-refractivity contribution < 1.29 is 47.5 Å². The number of amides is 2. The molecule has 0 saturated heterocycles. The second-order valence-electron chi connectivity index (χ2n) is 31.8. The van der Waals surface area contributed by atoms with Gasteiger partial charge < -0.3 is 48.5 Å². The highest BCUT2D eigenvalue weighted by Crippen LogP contribution is 2.44. The van der Waals surface area contributed by atoms with E-state index in [1.165, 1.54) is 308 Å². The predicted octanol–water partition coefficient (Wildman–Crippen LogP) is 30.7. The Balaban J connectivity index is 2.03. The minimum Gasteiger partial charge on any atom is -0.489 e. The van der Waals surface area contributed by atoms with E-state index in [4.69, 9.17) is 37.9 Å². The van der Waals surface area contributed by atoms with Crippen LogP contribution in [-0.4, -0.2) is 64.9 Å². The SMILES string of the molecule is CCCCCCCCCCCCOc1cc(OC(=O)NCCCCC#CC#CCCCCNC(=O)Oc2cc(OCCCCCCCCCCCC)c(OCCCCCCCCCCCC)c(OCCCCCCCCCCCC)c2)cc(OCCCCCCCCCCCC)c1OCCCCCCCCCCCC. The minimum atomic E-state index is -0.512. The van der Waals surface area contributed by atoms with Crippen LogP contribution in [0.5, 0.6) is 46.0 Å². The molecular weight excluding hydrogens is 1370 g/mol. The van der Waals surface area contributed by atoms with Gasteiger partial charge in [-0.25, -0.2) is 9.59 Å². The van der Waals surface area contributed by atoms with Gasteiger partial charge in [0, 0.05) is 50.2 Å². The lowest BCUT2D eigenvalue weighted by atomic mass is 10.1. The Labute approximate surface area is 678 Å². The number of rotatable bonds is 82. The molecule has 0 fully saturated rings. The number of hydrogen-bond acceptors (Lipinski definition) is 10. The Bertz CT molecular complexity index is 2230. The van der Waals surface area contributed by atoms with Crippen molar-refractivity contribution in [2.45, 2.75) is 465 Å². The lowest BCUT2D eigenvalue weighted by Gasteiger charge is -2.19. The van der Waals surface area contributed by atoms with Gasteiger partial charge in [-0.15, -0.1) is 0 Å². The number of benzene rings is 2. The first-order chi connectivity index (χ1) is 54.4. The van der Waals surface area contributed by atoms with Gasteiger partial charge in [-0.3, -0.25) is 0 Å². The van der Waals surface area contributed by atoms with Crippen LogP contribution >= 0.6 is 0 Å². The van der Waals surface area contributed by atoms with Crippen LogP contribution in [0.4, 0.5) is 9.59 Å². The second-order valence-corrected chi connectivity index (χ2v) is 31.8. The average molecular weight is 1540 g/mol. The van der Waals surface area contributed by atoms with Gasteiger partial charge in [0.25, 0.3) is 0 Å². The summed E-state index contributed by atoms with van der Waals surface area (Å²) in [7, 11) is 0. The van der Waals surface area contributed by atoms with Crippen LogP contribution in [0.2, 0.25) is 0 Å². The minimum absolute atomic E-state index is 0.383. The lowest BCUT2D eigenvalue weighted by Crippen LogP contribution is -2.27. The van der Waals surface area contributed by atoms with Crippen molar-refractivity contribution in [3.8, 4) is 69.7 Å². The molecule has 2 rings (SSSR count). The van der Waals surface area contributed by atoms with Gasteiger partial charge in [-0.05, 0) is 76.0 Å². The van der Waals surface area contributed by atoms with E-state index in [2.05, 4.69) is 75.9 Å². The highest BCUT2D eigenvalue weighted by molar-refractivity contribution is 5.72. The largest absolute Gasteiger partial charge is 0.489 e. The summed E-state index contributed by atoms with van der Waals surface area (Å²) in [5.41, 5.74) is 0. The first-order valence-corrected chi connectivity index (χ1v) is 47.4. The molecule has 110 heavy (non-hydrogen) atoms. The maximum Gasteiger partial charge on any atom is 0.412 e. The Kier molecular flexibility index (Phi) is 73.9. The standard InChI is InChI=1S/C98H172N2O10/c1-7-13-19-25-31-37-47-55-63-71-79-103-91-85-89(86-92(104-80-72-64-56-48-38-32-26-20-14-8-2)95(91)107-83-75-67-59-51-41-35-29-23-17-11-5)109-97(101)99-77-69-61-53-45-43-44-46-54-62-70-78-100-98(102)110-90-87-93(105-81-73-65-57-49-39-33-27-21-15-9-3)96(108-84-76-68-60-52-42-36-30-24-18-12-6)94(88-90)106-82-74-66-58-50-40-34-28-22-16-10-4/h85-88H,7-42,47-84H2,1-6H3,(H,99,101)(H,100,102). The molecule has 0 bridgehead atoms. The lowest BCUT2D eigenvalue weighted by molar-refractivity contribution is 0.197. The van der Waals surface area contributed by atoms with Crippen LogP contribution in [0.25, 0.3) is 0 Å². The number of carbonyl (C=O) groups excluding carboxylic acids is 2. The van der Waals surface area contributed by atoms with E-state index < -0.39 is 12.2 Å². The number of unbranched alkanes of at least 4 members (excludes halogenated alkanes) is 58. The van der Waals surface area contributed by atoms with Crippen molar-refractivity contribution in [1.82, 2.24) is 10.6 Å². The molecule has 0 heterocycles. The molecule has 12 nitrogen and oxygen atoms in total. The van der Waals surface area contributed by atoms with Gasteiger partial charge in [-0.1, -0.05) is 400 Å². The molecule has 0 radical (unpaired) electrons. The first-order valence-electron chi connectivity index (χ1n) is 47.4. The summed E-state index contributed by atoms with van der Waals surface area (Å²) >= 11 is 0. The third kappa shape index (κ3) is 63.3. The summed E-state index contributed by atoms with van der Waals surface area (Å²) in [5, 5.41) is 5.92. The molecule has 0 saturated carbocycles. The molecule has 2 N–H and O–H groups in total. The van der Waals surface area contributed by atoms with Crippen molar-refractivity contribution in [2.24, 2.45) is 0 Å². The molecule has 2 aromatic carbocycles. The van der Waals surface area contributed by atoms with E-state index >= 15 is 0 Å². The van der Waals surface area contributed by atoms with Gasteiger partial charge in [0.2, 0.25) is 11.5 Å². The highest BCUT2D eigenvalue weighted by Gasteiger charge is 2.21.